The summed E-state index contributed by atoms with van der Waals surface area (Å²) in [5, 5.41) is 18.0. The third-order valence-electron chi connectivity index (χ3n) is 12.1. The van der Waals surface area contributed by atoms with Gasteiger partial charge in [0.1, 0.15) is 11.4 Å². The first-order valence-electron chi connectivity index (χ1n) is 18.2. The van der Waals surface area contributed by atoms with Gasteiger partial charge in [0, 0.05) is 42.4 Å². The van der Waals surface area contributed by atoms with Crippen LogP contribution in [0.25, 0.3) is 0 Å². The van der Waals surface area contributed by atoms with E-state index in [1.54, 1.807) is 55.5 Å². The molecule has 6 fully saturated rings. The molecule has 3 amide bonds. The third-order valence-corrected chi connectivity index (χ3v) is 12.7. The lowest BCUT2D eigenvalue weighted by Gasteiger charge is -2.40. The number of imide groups is 1. The maximum absolute atomic E-state index is 13.9. The number of ketones is 1. The van der Waals surface area contributed by atoms with Gasteiger partial charge in [-0.25, -0.2) is 14.5 Å². The van der Waals surface area contributed by atoms with Gasteiger partial charge < -0.3 is 25.6 Å². The molecule has 282 valence electrons. The number of carboxylic acids is 1. The zero-order chi connectivity index (χ0) is 37.6. The summed E-state index contributed by atoms with van der Waals surface area (Å²) in [7, 11) is 1.56. The second kappa shape index (κ2) is 15.1. The van der Waals surface area contributed by atoms with Crippen LogP contribution in [0.4, 0.5) is 9.59 Å². The molecule has 12 atom stereocenters. The Kier molecular flexibility index (Phi) is 12.1. The summed E-state index contributed by atoms with van der Waals surface area (Å²) in [6, 6.07) is -0.361. The number of halogens is 1. The highest BCUT2D eigenvalue weighted by Gasteiger charge is 2.57. The van der Waals surface area contributed by atoms with Gasteiger partial charge in [0.15, 0.2) is 0 Å². The van der Waals surface area contributed by atoms with Gasteiger partial charge in [-0.2, -0.15) is 0 Å². The summed E-state index contributed by atoms with van der Waals surface area (Å²) in [6.07, 6.45) is 6.04. The maximum Gasteiger partial charge on any atom is 0.417 e. The second-order valence-corrected chi connectivity index (χ2v) is 18.2. The highest BCUT2D eigenvalue weighted by molar-refractivity contribution is 6.64. The van der Waals surface area contributed by atoms with Gasteiger partial charge in [0.05, 0.1) is 5.92 Å². The van der Waals surface area contributed by atoms with Crippen molar-refractivity contribution in [1.29, 1.82) is 0 Å². The normalized spacial score (nSPS) is 36.1. The number of carboxylic acid groups (broad SMARTS) is 2. The Morgan fingerprint density at radius 3 is 1.56 bits per heavy atom. The number of hydrogen-bond donors (Lipinski definition) is 3. The number of carbonyl (C=O) groups excluding carboxylic acids is 4. The number of nitrogens with two attached hydrogens (primary N) is 1. The molecule has 0 aliphatic heterocycles. The largest absolute Gasteiger partial charge is 0.481 e. The average Bonchev–Trinajstić information content (AvgIpc) is 3.83. The van der Waals surface area contributed by atoms with E-state index in [0.29, 0.717) is 24.2 Å². The first-order chi connectivity index (χ1) is 23.0. The highest BCUT2D eigenvalue weighted by atomic mass is 35.5. The molecule has 4 N–H and O–H groups in total. The van der Waals surface area contributed by atoms with Crippen LogP contribution in [-0.2, 0) is 23.9 Å². The molecule has 6 aliphatic rings. The quantitative estimate of drug-likeness (QED) is 0.283. The van der Waals surface area contributed by atoms with Gasteiger partial charge in [0.2, 0.25) is 11.1 Å². The molecule has 6 saturated carbocycles. The monoisotopic (exact) mass is 723 g/mol. The molecule has 12 unspecified atom stereocenters. The van der Waals surface area contributed by atoms with Crippen molar-refractivity contribution in [3.05, 3.63) is 0 Å². The molecule has 12 nitrogen and oxygen atoms in total. The predicted octanol–water partition coefficient (Wildman–Crippen LogP) is 6.02. The van der Waals surface area contributed by atoms with Gasteiger partial charge in [-0.05, 0) is 133 Å². The van der Waals surface area contributed by atoms with Gasteiger partial charge in [-0.1, -0.05) is 20.8 Å². The number of hydrogen-bond acceptors (Lipinski definition) is 8. The Morgan fingerprint density at radius 1 is 0.700 bits per heavy atom. The Hall–Kier alpha value is -2.73. The summed E-state index contributed by atoms with van der Waals surface area (Å²) in [6.45, 7) is 12.3. The number of fused-ring (bicyclic) bond motifs is 6. The first kappa shape index (κ1) is 40.0. The Morgan fingerprint density at radius 2 is 1.16 bits per heavy atom. The standard InChI is InChI=1S/C24H36N2O6.C8H13NO2.C5H9ClO/c1-12(27)15-6-13-7-16(15)20(11-13)26(23(31)32-24(2,3)4)21(28)18-9-14-8-17(18)19(10-14)25(5)22(29)30;9-7-3-4-1-5(7)6(2-4)8(10)11;1-5(2,3)4(6)7/h13-20H,6-11H2,1-5H3,(H,29,30);4-7H,1-3,9H2,(H,10,11);1-3H3. The zero-order valence-electron chi connectivity index (χ0n) is 30.9. The fraction of sp³-hybridized carbons (Fsp3) is 0.838. The third kappa shape index (κ3) is 8.82. The summed E-state index contributed by atoms with van der Waals surface area (Å²) >= 11 is 5.11. The van der Waals surface area contributed by atoms with Crippen LogP contribution in [0.1, 0.15) is 106 Å². The fourth-order valence-electron chi connectivity index (χ4n) is 9.83. The number of aliphatic carboxylic acids is 1. The van der Waals surface area contributed by atoms with Crippen molar-refractivity contribution < 1.29 is 43.7 Å². The van der Waals surface area contributed by atoms with E-state index in [4.69, 9.17) is 27.2 Å². The van der Waals surface area contributed by atoms with Gasteiger partial charge in [-0.15, -0.1) is 0 Å². The summed E-state index contributed by atoms with van der Waals surface area (Å²) in [4.78, 5) is 74.6. The minimum Gasteiger partial charge on any atom is -0.481 e. The van der Waals surface area contributed by atoms with E-state index in [-0.39, 0.29) is 76.0 Å². The van der Waals surface area contributed by atoms with E-state index in [1.807, 2.05) is 0 Å². The number of nitrogens with zero attached hydrogens (tertiary/aromatic N) is 2. The van der Waals surface area contributed by atoms with E-state index in [2.05, 4.69) is 0 Å². The topological polar surface area (TPSA) is 185 Å². The number of carbonyl (C=O) groups is 6. The minimum absolute atomic E-state index is 0.00921. The number of amides is 3. The Balaban J connectivity index is 0.000000254. The summed E-state index contributed by atoms with van der Waals surface area (Å²) in [5.41, 5.74) is 4.67. The maximum atomic E-state index is 13.9. The number of ether oxygens (including phenoxy) is 1. The molecular weight excluding hydrogens is 666 g/mol. The van der Waals surface area contributed by atoms with Crippen LogP contribution in [0.5, 0.6) is 0 Å². The van der Waals surface area contributed by atoms with Gasteiger partial charge in [0.25, 0.3) is 0 Å². The molecular formula is C37H58ClN3O9. The van der Waals surface area contributed by atoms with Crippen LogP contribution in [0, 0.1) is 58.7 Å². The molecule has 13 heteroatoms. The van der Waals surface area contributed by atoms with Crippen LogP contribution < -0.4 is 5.73 Å². The van der Waals surface area contributed by atoms with Crippen molar-refractivity contribution in [2.45, 2.75) is 130 Å². The van der Waals surface area contributed by atoms with Crippen molar-refractivity contribution in [1.82, 2.24) is 9.80 Å². The van der Waals surface area contributed by atoms with Crippen molar-refractivity contribution in [2.24, 2.45) is 64.4 Å². The van der Waals surface area contributed by atoms with Crippen LogP contribution in [-0.4, -0.2) is 85.9 Å². The highest BCUT2D eigenvalue weighted by Crippen LogP contribution is 2.54. The molecule has 0 aromatic heterocycles. The number of Topliss-reactive ketones (excluding diaryl/α,β-unsaturated/α-hetero) is 1. The van der Waals surface area contributed by atoms with Crippen LogP contribution in [0.15, 0.2) is 0 Å². The zero-order valence-corrected chi connectivity index (χ0v) is 31.7. The molecule has 50 heavy (non-hydrogen) atoms. The van der Waals surface area contributed by atoms with Crippen molar-refractivity contribution in [3.8, 4) is 0 Å². The minimum atomic E-state index is -0.991. The SMILES string of the molecule is CC(=O)C1CC2CC1C(N(C(=O)OC(C)(C)C)C(=O)C1CC3CC1C(N(C)C(=O)O)C3)C2.CC(C)(C)C(=O)Cl.NC1CC2CC(C(=O)O)C1C2. The predicted molar refractivity (Wildman–Crippen MR) is 186 cm³/mol. The van der Waals surface area contributed by atoms with E-state index < -0.39 is 23.8 Å². The van der Waals surface area contributed by atoms with Crippen LogP contribution in [0.3, 0.4) is 0 Å². The van der Waals surface area contributed by atoms with Gasteiger partial charge >= 0.3 is 18.2 Å². The molecule has 0 saturated heterocycles. The number of rotatable bonds is 5. The molecule has 0 heterocycles. The molecule has 0 aromatic carbocycles. The summed E-state index contributed by atoms with van der Waals surface area (Å²) < 4.78 is 5.67. The lowest BCUT2D eigenvalue weighted by Crippen LogP contribution is -2.55. The second-order valence-electron chi connectivity index (χ2n) is 17.9. The Labute approximate surface area is 301 Å². The van der Waals surface area contributed by atoms with Crippen LogP contribution in [0.2, 0.25) is 0 Å². The van der Waals surface area contributed by atoms with Crippen molar-refractivity contribution >= 4 is 46.7 Å². The smallest absolute Gasteiger partial charge is 0.417 e. The molecule has 0 spiro atoms. The Bertz CT molecular complexity index is 1340. The molecule has 0 radical (unpaired) electrons. The molecule has 6 rings (SSSR count). The van der Waals surface area contributed by atoms with Crippen molar-refractivity contribution in [3.63, 3.8) is 0 Å². The van der Waals surface area contributed by atoms with E-state index >= 15 is 0 Å². The van der Waals surface area contributed by atoms with Crippen molar-refractivity contribution in [2.75, 3.05) is 7.05 Å². The van der Waals surface area contributed by atoms with E-state index in [9.17, 15) is 33.9 Å². The van der Waals surface area contributed by atoms with E-state index in [1.165, 1.54) is 9.80 Å². The molecule has 6 bridgehead atoms. The molecule has 6 aliphatic carbocycles. The molecule has 0 aromatic rings. The first-order valence-corrected chi connectivity index (χ1v) is 18.6. The lowest BCUT2D eigenvalue weighted by molar-refractivity contribution is -0.144. The summed E-state index contributed by atoms with van der Waals surface area (Å²) in [5.74, 6) is 0.0481. The van der Waals surface area contributed by atoms with E-state index in [0.717, 1.165) is 51.4 Å². The van der Waals surface area contributed by atoms with Gasteiger partial charge in [-0.3, -0.25) is 19.2 Å². The lowest BCUT2D eigenvalue weighted by atomic mass is 9.80. The van der Waals surface area contributed by atoms with Crippen LogP contribution >= 0.6 is 11.6 Å². The average molecular weight is 724 g/mol. The fourth-order valence-corrected chi connectivity index (χ4v) is 9.83.